The minimum Gasteiger partial charge on any atom is -0.481 e. The fraction of sp³-hybridized carbons (Fsp3) is 0.833. The van der Waals surface area contributed by atoms with Gasteiger partial charge in [-0.05, 0) is 25.2 Å². The van der Waals surface area contributed by atoms with Crippen molar-refractivity contribution in [2.24, 2.45) is 5.92 Å². The molecular formula is C12H22N2O3. The zero-order chi connectivity index (χ0) is 12.7. The van der Waals surface area contributed by atoms with E-state index in [1.807, 2.05) is 6.92 Å². The van der Waals surface area contributed by atoms with Gasteiger partial charge in [0.25, 0.3) is 0 Å². The minimum atomic E-state index is -0.872. The molecule has 0 spiro atoms. The Morgan fingerprint density at radius 1 is 1.41 bits per heavy atom. The van der Waals surface area contributed by atoms with E-state index >= 15 is 0 Å². The lowest BCUT2D eigenvalue weighted by Crippen LogP contribution is -2.45. The number of amides is 2. The normalized spacial score (nSPS) is 17.0. The van der Waals surface area contributed by atoms with Crippen LogP contribution in [0.1, 0.15) is 45.4 Å². The first-order valence-corrected chi connectivity index (χ1v) is 6.38. The van der Waals surface area contributed by atoms with Crippen LogP contribution in [0.3, 0.4) is 0 Å². The SMILES string of the molecule is CCCC(CC(=O)O)NC(=O)NCC1CCC1. The molecule has 0 heterocycles. The summed E-state index contributed by atoms with van der Waals surface area (Å²) < 4.78 is 0. The van der Waals surface area contributed by atoms with Crippen LogP contribution in [0.2, 0.25) is 0 Å². The molecule has 1 unspecified atom stereocenters. The maximum absolute atomic E-state index is 11.5. The van der Waals surface area contributed by atoms with Gasteiger partial charge in [-0.25, -0.2) is 4.79 Å². The first-order valence-electron chi connectivity index (χ1n) is 6.38. The van der Waals surface area contributed by atoms with E-state index in [0.717, 1.165) is 6.42 Å². The molecular weight excluding hydrogens is 220 g/mol. The van der Waals surface area contributed by atoms with Crippen LogP contribution in [0.4, 0.5) is 4.79 Å². The molecule has 17 heavy (non-hydrogen) atoms. The van der Waals surface area contributed by atoms with Crippen LogP contribution in [0, 0.1) is 5.92 Å². The predicted molar refractivity (Wildman–Crippen MR) is 64.8 cm³/mol. The quantitative estimate of drug-likeness (QED) is 0.636. The first-order chi connectivity index (χ1) is 8.11. The average molecular weight is 242 g/mol. The monoisotopic (exact) mass is 242 g/mol. The molecule has 2 amide bonds. The number of hydrogen-bond donors (Lipinski definition) is 3. The summed E-state index contributed by atoms with van der Waals surface area (Å²) in [5.41, 5.74) is 0. The summed E-state index contributed by atoms with van der Waals surface area (Å²) in [5, 5.41) is 14.2. The highest BCUT2D eigenvalue weighted by Crippen LogP contribution is 2.24. The third-order valence-corrected chi connectivity index (χ3v) is 3.17. The van der Waals surface area contributed by atoms with Gasteiger partial charge in [0.2, 0.25) is 0 Å². The van der Waals surface area contributed by atoms with Crippen molar-refractivity contribution in [3.05, 3.63) is 0 Å². The van der Waals surface area contributed by atoms with Crippen LogP contribution < -0.4 is 10.6 Å². The van der Waals surface area contributed by atoms with Gasteiger partial charge in [0, 0.05) is 12.6 Å². The number of carbonyl (C=O) groups excluding carboxylic acids is 1. The van der Waals surface area contributed by atoms with Gasteiger partial charge in [-0.2, -0.15) is 0 Å². The van der Waals surface area contributed by atoms with E-state index < -0.39 is 5.97 Å². The Morgan fingerprint density at radius 2 is 2.12 bits per heavy atom. The van der Waals surface area contributed by atoms with Crippen LogP contribution >= 0.6 is 0 Å². The summed E-state index contributed by atoms with van der Waals surface area (Å²) in [6, 6.07) is -0.504. The fourth-order valence-electron chi connectivity index (χ4n) is 1.95. The van der Waals surface area contributed by atoms with Crippen molar-refractivity contribution in [3.8, 4) is 0 Å². The maximum Gasteiger partial charge on any atom is 0.315 e. The smallest absolute Gasteiger partial charge is 0.315 e. The van der Waals surface area contributed by atoms with Gasteiger partial charge in [-0.3, -0.25) is 4.79 Å². The second-order valence-electron chi connectivity index (χ2n) is 4.73. The number of carboxylic acid groups (broad SMARTS) is 1. The van der Waals surface area contributed by atoms with E-state index in [9.17, 15) is 9.59 Å². The molecule has 0 radical (unpaired) electrons. The van der Waals surface area contributed by atoms with E-state index in [-0.39, 0.29) is 18.5 Å². The van der Waals surface area contributed by atoms with Gasteiger partial charge < -0.3 is 15.7 Å². The molecule has 5 nitrogen and oxygen atoms in total. The molecule has 0 saturated heterocycles. The highest BCUT2D eigenvalue weighted by molar-refractivity contribution is 5.75. The largest absolute Gasteiger partial charge is 0.481 e. The van der Waals surface area contributed by atoms with Crippen LogP contribution in [-0.4, -0.2) is 29.7 Å². The van der Waals surface area contributed by atoms with Gasteiger partial charge >= 0.3 is 12.0 Å². The Morgan fingerprint density at radius 3 is 2.59 bits per heavy atom. The Bertz CT molecular complexity index is 264. The van der Waals surface area contributed by atoms with Gasteiger partial charge in [0.05, 0.1) is 6.42 Å². The van der Waals surface area contributed by atoms with Crippen molar-refractivity contribution in [1.29, 1.82) is 0 Å². The minimum absolute atomic E-state index is 0.00924. The van der Waals surface area contributed by atoms with E-state index in [1.54, 1.807) is 0 Å². The standard InChI is InChI=1S/C12H22N2O3/c1-2-4-10(7-11(15)16)14-12(17)13-8-9-5-3-6-9/h9-10H,2-8H2,1H3,(H,15,16)(H2,13,14,17). The Hall–Kier alpha value is -1.26. The zero-order valence-electron chi connectivity index (χ0n) is 10.4. The molecule has 0 aromatic rings. The van der Waals surface area contributed by atoms with Crippen molar-refractivity contribution in [3.63, 3.8) is 0 Å². The second-order valence-corrected chi connectivity index (χ2v) is 4.73. The Kier molecular flexibility index (Phi) is 5.80. The van der Waals surface area contributed by atoms with E-state index in [1.165, 1.54) is 19.3 Å². The lowest BCUT2D eigenvalue weighted by molar-refractivity contribution is -0.137. The van der Waals surface area contributed by atoms with E-state index in [0.29, 0.717) is 18.9 Å². The van der Waals surface area contributed by atoms with E-state index in [2.05, 4.69) is 10.6 Å². The molecule has 1 atom stereocenters. The molecule has 1 saturated carbocycles. The van der Waals surface area contributed by atoms with Crippen LogP contribution in [0.15, 0.2) is 0 Å². The lowest BCUT2D eigenvalue weighted by Gasteiger charge is -2.26. The van der Waals surface area contributed by atoms with Gasteiger partial charge in [0.1, 0.15) is 0 Å². The summed E-state index contributed by atoms with van der Waals surface area (Å²) >= 11 is 0. The third-order valence-electron chi connectivity index (χ3n) is 3.17. The maximum atomic E-state index is 11.5. The molecule has 0 aromatic heterocycles. The van der Waals surface area contributed by atoms with Gasteiger partial charge in [-0.15, -0.1) is 0 Å². The van der Waals surface area contributed by atoms with Crippen LogP contribution in [0.25, 0.3) is 0 Å². The zero-order valence-corrected chi connectivity index (χ0v) is 10.4. The molecule has 5 heteroatoms. The lowest BCUT2D eigenvalue weighted by atomic mass is 9.85. The summed E-state index contributed by atoms with van der Waals surface area (Å²) in [7, 11) is 0. The van der Waals surface area contributed by atoms with Crippen molar-refractivity contribution < 1.29 is 14.7 Å². The summed E-state index contributed by atoms with van der Waals surface area (Å²) in [4.78, 5) is 22.2. The number of carbonyl (C=O) groups is 2. The van der Waals surface area contributed by atoms with Gasteiger partial charge in [-0.1, -0.05) is 19.8 Å². The number of rotatable bonds is 7. The van der Waals surface area contributed by atoms with Crippen LogP contribution in [0.5, 0.6) is 0 Å². The topological polar surface area (TPSA) is 78.4 Å². The fourth-order valence-corrected chi connectivity index (χ4v) is 1.95. The third kappa shape index (κ3) is 5.56. The van der Waals surface area contributed by atoms with Crippen molar-refractivity contribution in [2.75, 3.05) is 6.54 Å². The van der Waals surface area contributed by atoms with E-state index in [4.69, 9.17) is 5.11 Å². The molecule has 1 rings (SSSR count). The number of hydrogen-bond acceptors (Lipinski definition) is 2. The predicted octanol–water partition coefficient (Wildman–Crippen LogP) is 1.73. The summed E-state index contributed by atoms with van der Waals surface area (Å²) in [6.45, 7) is 2.68. The second kappa shape index (κ2) is 7.14. The number of carboxylic acids is 1. The molecule has 98 valence electrons. The molecule has 0 aromatic carbocycles. The van der Waals surface area contributed by atoms with Crippen LogP contribution in [-0.2, 0) is 4.79 Å². The molecule has 1 aliphatic rings. The Balaban J connectivity index is 2.21. The molecule has 1 fully saturated rings. The number of nitrogens with one attached hydrogen (secondary N) is 2. The Labute approximate surface area is 102 Å². The molecule has 0 bridgehead atoms. The highest BCUT2D eigenvalue weighted by atomic mass is 16.4. The summed E-state index contributed by atoms with van der Waals surface area (Å²) in [6.07, 6.45) is 5.18. The number of urea groups is 1. The first kappa shape index (κ1) is 13.8. The van der Waals surface area contributed by atoms with Crippen molar-refractivity contribution in [2.45, 2.75) is 51.5 Å². The molecule has 3 N–H and O–H groups in total. The van der Waals surface area contributed by atoms with Crippen molar-refractivity contribution >= 4 is 12.0 Å². The number of aliphatic carboxylic acids is 1. The average Bonchev–Trinajstić information content (AvgIpc) is 2.14. The molecule has 1 aliphatic carbocycles. The van der Waals surface area contributed by atoms with Crippen molar-refractivity contribution in [1.82, 2.24) is 10.6 Å². The highest BCUT2D eigenvalue weighted by Gasteiger charge is 2.19. The van der Waals surface area contributed by atoms with Gasteiger partial charge in [0.15, 0.2) is 0 Å². The summed E-state index contributed by atoms with van der Waals surface area (Å²) in [5.74, 6) is -0.257. The molecule has 0 aliphatic heterocycles.